The summed E-state index contributed by atoms with van der Waals surface area (Å²) in [5, 5.41) is 2.70. The Hall–Kier alpha value is -0.790. The van der Waals surface area contributed by atoms with Crippen LogP contribution < -0.4 is 5.32 Å². The van der Waals surface area contributed by atoms with Crippen LogP contribution in [-0.2, 0) is 4.79 Å². The van der Waals surface area contributed by atoms with Gasteiger partial charge in [-0.2, -0.15) is 0 Å². The third-order valence-electron chi connectivity index (χ3n) is 1.70. The van der Waals surface area contributed by atoms with Gasteiger partial charge < -0.3 is 5.32 Å². The monoisotopic (exact) mass is 127 g/mol. The number of hydrogen-bond acceptors (Lipinski definition) is 1. The van der Waals surface area contributed by atoms with Crippen molar-refractivity contribution in [2.24, 2.45) is 5.92 Å². The minimum absolute atomic E-state index is 0. The van der Waals surface area contributed by atoms with Crippen LogP contribution in [0.15, 0.2) is 12.3 Å². The third kappa shape index (κ3) is 1.31. The molecule has 1 atom stereocenters. The SMILES string of the molecule is C=C1NC(=O)CCC1C.[HH]. The molecule has 1 N–H and O–H groups in total. The lowest BCUT2D eigenvalue weighted by molar-refractivity contribution is -0.121. The number of piperidine rings is 1. The summed E-state index contributed by atoms with van der Waals surface area (Å²) < 4.78 is 0. The van der Waals surface area contributed by atoms with E-state index in [1.54, 1.807) is 0 Å². The number of carbonyl (C=O) groups is 1. The third-order valence-corrected chi connectivity index (χ3v) is 1.70. The van der Waals surface area contributed by atoms with Crippen LogP contribution >= 0.6 is 0 Å². The topological polar surface area (TPSA) is 29.1 Å². The lowest BCUT2D eigenvalue weighted by Crippen LogP contribution is -2.30. The summed E-state index contributed by atoms with van der Waals surface area (Å²) in [7, 11) is 0. The van der Waals surface area contributed by atoms with E-state index < -0.39 is 0 Å². The number of hydrogen-bond donors (Lipinski definition) is 1. The maximum Gasteiger partial charge on any atom is 0.224 e. The second kappa shape index (κ2) is 2.21. The minimum atomic E-state index is 0. The molecule has 1 rings (SSSR count). The summed E-state index contributed by atoms with van der Waals surface area (Å²) >= 11 is 0. The molecule has 0 saturated carbocycles. The Morgan fingerprint density at radius 2 is 2.56 bits per heavy atom. The van der Waals surface area contributed by atoms with Gasteiger partial charge in [-0.3, -0.25) is 4.79 Å². The molecule has 0 aliphatic carbocycles. The molecule has 2 nitrogen and oxygen atoms in total. The van der Waals surface area contributed by atoms with E-state index in [-0.39, 0.29) is 7.33 Å². The van der Waals surface area contributed by atoms with Gasteiger partial charge in [0.25, 0.3) is 0 Å². The van der Waals surface area contributed by atoms with Gasteiger partial charge in [0.05, 0.1) is 0 Å². The molecular formula is C7H13NO. The average molecular weight is 127 g/mol. The van der Waals surface area contributed by atoms with Gasteiger partial charge in [-0.25, -0.2) is 0 Å². The van der Waals surface area contributed by atoms with E-state index in [9.17, 15) is 4.79 Å². The Balaban J connectivity index is 0.000000810. The molecule has 1 saturated heterocycles. The van der Waals surface area contributed by atoms with Gasteiger partial charge in [-0.1, -0.05) is 13.5 Å². The van der Waals surface area contributed by atoms with Crippen molar-refractivity contribution >= 4 is 5.91 Å². The Labute approximate surface area is 56.4 Å². The van der Waals surface area contributed by atoms with Crippen LogP contribution in [0.3, 0.4) is 0 Å². The Kier molecular flexibility index (Phi) is 1.56. The smallest absolute Gasteiger partial charge is 0.224 e. The molecule has 0 aromatic carbocycles. The van der Waals surface area contributed by atoms with Crippen molar-refractivity contribution in [1.82, 2.24) is 5.32 Å². The maximum atomic E-state index is 10.6. The minimum Gasteiger partial charge on any atom is -0.330 e. The van der Waals surface area contributed by atoms with Gasteiger partial charge in [-0.05, 0) is 12.3 Å². The lowest BCUT2D eigenvalue weighted by Gasteiger charge is -2.20. The van der Waals surface area contributed by atoms with Crippen LogP contribution in [-0.4, -0.2) is 5.91 Å². The number of nitrogens with one attached hydrogen (secondary N) is 1. The summed E-state index contributed by atoms with van der Waals surface area (Å²) in [6.45, 7) is 5.78. The average Bonchev–Trinajstić information content (AvgIpc) is 1.80. The molecule has 2 heteroatoms. The molecule has 1 amide bonds. The Bertz CT molecular complexity index is 156. The predicted molar refractivity (Wildman–Crippen MR) is 37.8 cm³/mol. The molecular weight excluding hydrogens is 114 g/mol. The summed E-state index contributed by atoms with van der Waals surface area (Å²) in [6.07, 6.45) is 1.60. The standard InChI is InChI=1S/C7H11NO.H2/c1-5-3-4-7(9)8-6(5)2;/h5H,2-4H2,1H3,(H,8,9);1H. The van der Waals surface area contributed by atoms with Gasteiger partial charge in [0.1, 0.15) is 0 Å². The predicted octanol–water partition coefficient (Wildman–Crippen LogP) is 1.29. The molecule has 1 aliphatic heterocycles. The number of allylic oxidation sites excluding steroid dienone is 1. The fourth-order valence-electron chi connectivity index (χ4n) is 0.887. The van der Waals surface area contributed by atoms with Gasteiger partial charge in [-0.15, -0.1) is 0 Å². The van der Waals surface area contributed by atoms with Crippen LogP contribution in [0.5, 0.6) is 0 Å². The van der Waals surface area contributed by atoms with E-state index in [1.165, 1.54) is 0 Å². The van der Waals surface area contributed by atoms with Crippen molar-refractivity contribution in [2.75, 3.05) is 0 Å². The maximum absolute atomic E-state index is 10.6. The van der Waals surface area contributed by atoms with Gasteiger partial charge >= 0.3 is 0 Å². The molecule has 0 bridgehead atoms. The van der Waals surface area contributed by atoms with Crippen LogP contribution in [0, 0.1) is 5.92 Å². The molecule has 1 unspecified atom stereocenters. The highest BCUT2D eigenvalue weighted by Crippen LogP contribution is 2.16. The first-order valence-electron chi connectivity index (χ1n) is 3.19. The van der Waals surface area contributed by atoms with E-state index in [0.717, 1.165) is 12.1 Å². The largest absolute Gasteiger partial charge is 0.330 e. The first kappa shape index (κ1) is 6.33. The molecule has 1 heterocycles. The lowest BCUT2D eigenvalue weighted by atomic mass is 9.98. The molecule has 52 valence electrons. The van der Waals surface area contributed by atoms with Crippen LogP contribution in [0.1, 0.15) is 21.2 Å². The zero-order valence-electron chi connectivity index (χ0n) is 5.61. The van der Waals surface area contributed by atoms with Crippen molar-refractivity contribution in [3.8, 4) is 0 Å². The van der Waals surface area contributed by atoms with Crippen molar-refractivity contribution < 1.29 is 6.22 Å². The molecule has 0 radical (unpaired) electrons. The van der Waals surface area contributed by atoms with Crippen LogP contribution in [0.2, 0.25) is 0 Å². The fraction of sp³-hybridized carbons (Fsp3) is 0.571. The van der Waals surface area contributed by atoms with Crippen molar-refractivity contribution in [3.63, 3.8) is 0 Å². The molecule has 1 fully saturated rings. The quantitative estimate of drug-likeness (QED) is 0.522. The normalized spacial score (nSPS) is 27.9. The van der Waals surface area contributed by atoms with Crippen molar-refractivity contribution in [3.05, 3.63) is 12.3 Å². The van der Waals surface area contributed by atoms with Gasteiger partial charge in [0.2, 0.25) is 5.91 Å². The van der Waals surface area contributed by atoms with E-state index in [4.69, 9.17) is 0 Å². The first-order valence-corrected chi connectivity index (χ1v) is 3.19. The number of carbonyl (C=O) groups excluding carboxylic acids is 1. The van der Waals surface area contributed by atoms with Crippen LogP contribution in [0.4, 0.5) is 0 Å². The highest BCUT2D eigenvalue weighted by molar-refractivity contribution is 5.78. The van der Waals surface area contributed by atoms with E-state index in [1.807, 2.05) is 0 Å². The Morgan fingerprint density at radius 1 is 1.89 bits per heavy atom. The molecule has 1 aliphatic rings. The van der Waals surface area contributed by atoms with Crippen molar-refractivity contribution in [2.45, 2.75) is 19.8 Å². The first-order chi connectivity index (χ1) is 4.20. The summed E-state index contributed by atoms with van der Waals surface area (Å²) in [4.78, 5) is 10.6. The van der Waals surface area contributed by atoms with Gasteiger partial charge in [0, 0.05) is 13.5 Å². The molecule has 0 aromatic heterocycles. The number of amides is 1. The zero-order chi connectivity index (χ0) is 6.85. The van der Waals surface area contributed by atoms with E-state index >= 15 is 0 Å². The molecule has 0 aromatic rings. The second-order valence-corrected chi connectivity index (χ2v) is 2.51. The van der Waals surface area contributed by atoms with Crippen molar-refractivity contribution in [1.29, 1.82) is 0 Å². The van der Waals surface area contributed by atoms with Crippen LogP contribution in [0.25, 0.3) is 0 Å². The second-order valence-electron chi connectivity index (χ2n) is 2.51. The molecule has 9 heavy (non-hydrogen) atoms. The molecule has 0 spiro atoms. The highest BCUT2D eigenvalue weighted by Gasteiger charge is 2.16. The fourth-order valence-corrected chi connectivity index (χ4v) is 0.887. The summed E-state index contributed by atoms with van der Waals surface area (Å²) in [5.74, 6) is 0.570. The highest BCUT2D eigenvalue weighted by atomic mass is 16.1. The number of rotatable bonds is 0. The summed E-state index contributed by atoms with van der Waals surface area (Å²) in [5.41, 5.74) is 0.867. The van der Waals surface area contributed by atoms with E-state index in [0.29, 0.717) is 12.3 Å². The summed E-state index contributed by atoms with van der Waals surface area (Å²) in [6, 6.07) is 0. The zero-order valence-corrected chi connectivity index (χ0v) is 5.61. The Morgan fingerprint density at radius 3 is 3.00 bits per heavy atom. The van der Waals surface area contributed by atoms with Gasteiger partial charge in [0.15, 0.2) is 0 Å². The van der Waals surface area contributed by atoms with E-state index in [2.05, 4.69) is 18.8 Å².